The fraction of sp³-hybridized carbons (Fsp3) is 0.700. The van der Waals surface area contributed by atoms with Gasteiger partial charge in [0.15, 0.2) is 0 Å². The highest BCUT2D eigenvalue weighted by molar-refractivity contribution is 6.31. The predicted molar refractivity (Wildman–Crippen MR) is 62.8 cm³/mol. The number of nitrogens with zero attached hydrogens (tertiary/aromatic N) is 2. The van der Waals surface area contributed by atoms with E-state index < -0.39 is 0 Å². The zero-order valence-corrected chi connectivity index (χ0v) is 10.3. The summed E-state index contributed by atoms with van der Waals surface area (Å²) >= 11 is 6.20. The highest BCUT2D eigenvalue weighted by Crippen LogP contribution is 2.21. The predicted octanol–water partition coefficient (Wildman–Crippen LogP) is 1.65. The van der Waals surface area contributed by atoms with E-state index in [1.807, 2.05) is 11.6 Å². The molecule has 15 heavy (non-hydrogen) atoms. The van der Waals surface area contributed by atoms with E-state index in [9.17, 15) is 0 Å². The number of hydrogen-bond acceptors (Lipinski definition) is 3. The van der Waals surface area contributed by atoms with Crippen molar-refractivity contribution in [3.05, 3.63) is 16.4 Å². The Morgan fingerprint density at radius 3 is 2.67 bits per heavy atom. The van der Waals surface area contributed by atoms with Crippen LogP contribution in [0, 0.1) is 6.92 Å². The van der Waals surface area contributed by atoms with Crippen LogP contribution >= 0.6 is 11.6 Å². The Balaban J connectivity index is 2.91. The van der Waals surface area contributed by atoms with Gasteiger partial charge in [-0.25, -0.2) is 0 Å². The lowest BCUT2D eigenvalue weighted by Crippen LogP contribution is -2.36. The van der Waals surface area contributed by atoms with Gasteiger partial charge in [0, 0.05) is 19.0 Å². The Bertz CT molecular complexity index is 317. The van der Waals surface area contributed by atoms with Gasteiger partial charge in [0.1, 0.15) is 0 Å². The molecule has 0 radical (unpaired) electrons. The number of halogens is 1. The quantitative estimate of drug-likeness (QED) is 0.598. The fourth-order valence-corrected chi connectivity index (χ4v) is 1.83. The van der Waals surface area contributed by atoms with Crippen molar-refractivity contribution in [2.75, 3.05) is 0 Å². The van der Waals surface area contributed by atoms with Gasteiger partial charge in [-0.3, -0.25) is 16.0 Å². The first kappa shape index (κ1) is 12.5. The Morgan fingerprint density at radius 2 is 2.20 bits per heavy atom. The molecule has 86 valence electrons. The van der Waals surface area contributed by atoms with Crippen LogP contribution in [0.5, 0.6) is 0 Å². The number of nitrogens with two attached hydrogens (primary N) is 1. The summed E-state index contributed by atoms with van der Waals surface area (Å²) in [5.41, 5.74) is 4.75. The molecule has 1 unspecified atom stereocenters. The lowest BCUT2D eigenvalue weighted by atomic mass is 10.1. The lowest BCUT2D eigenvalue weighted by molar-refractivity contribution is 0.487. The molecule has 0 aliphatic heterocycles. The third-order valence-corrected chi connectivity index (χ3v) is 3.11. The van der Waals surface area contributed by atoms with E-state index in [-0.39, 0.29) is 6.04 Å². The first-order chi connectivity index (χ1) is 7.13. The molecule has 4 nitrogen and oxygen atoms in total. The molecule has 1 heterocycles. The highest BCUT2D eigenvalue weighted by Gasteiger charge is 2.15. The first-order valence-corrected chi connectivity index (χ1v) is 5.69. The maximum atomic E-state index is 6.20. The summed E-state index contributed by atoms with van der Waals surface area (Å²) in [5, 5.41) is 5.14. The van der Waals surface area contributed by atoms with Crippen molar-refractivity contribution in [1.82, 2.24) is 15.2 Å². The summed E-state index contributed by atoms with van der Waals surface area (Å²) in [4.78, 5) is 0. The van der Waals surface area contributed by atoms with Crippen LogP contribution < -0.4 is 11.3 Å². The molecule has 3 N–H and O–H groups in total. The van der Waals surface area contributed by atoms with Crippen LogP contribution in [0.1, 0.15) is 31.7 Å². The Hall–Kier alpha value is -0.580. The van der Waals surface area contributed by atoms with Crippen molar-refractivity contribution >= 4 is 11.6 Å². The molecule has 0 bridgehead atoms. The Kier molecular flexibility index (Phi) is 4.57. The van der Waals surface area contributed by atoms with Crippen LogP contribution in [0.2, 0.25) is 5.02 Å². The molecule has 0 fully saturated rings. The maximum absolute atomic E-state index is 6.20. The number of aromatic nitrogens is 2. The van der Waals surface area contributed by atoms with Gasteiger partial charge in [-0.05, 0) is 20.3 Å². The van der Waals surface area contributed by atoms with Crippen LogP contribution in [0.3, 0.4) is 0 Å². The largest absolute Gasteiger partial charge is 0.271 e. The molecule has 0 spiro atoms. The summed E-state index contributed by atoms with van der Waals surface area (Å²) in [5.74, 6) is 5.46. The SMILES string of the molecule is CCC(Cc1c(Cl)c(C)nn1CC)NN. The summed E-state index contributed by atoms with van der Waals surface area (Å²) in [6.07, 6.45) is 1.79. The Labute approximate surface area is 95.8 Å². The highest BCUT2D eigenvalue weighted by atomic mass is 35.5. The average molecular weight is 231 g/mol. The number of hydrazine groups is 1. The standard InChI is InChI=1S/C10H19ClN4/c1-4-8(13-12)6-9-10(11)7(3)14-15(9)5-2/h8,13H,4-6,12H2,1-3H3. The molecule has 0 amide bonds. The second-order valence-corrected chi connectivity index (χ2v) is 4.02. The van der Waals surface area contributed by atoms with Gasteiger partial charge in [-0.15, -0.1) is 0 Å². The van der Waals surface area contributed by atoms with E-state index in [0.717, 1.165) is 35.8 Å². The summed E-state index contributed by atoms with van der Waals surface area (Å²) in [6, 6.07) is 0.254. The van der Waals surface area contributed by atoms with Gasteiger partial charge in [0.2, 0.25) is 0 Å². The van der Waals surface area contributed by atoms with Crippen molar-refractivity contribution in [2.24, 2.45) is 5.84 Å². The van der Waals surface area contributed by atoms with E-state index in [1.54, 1.807) is 0 Å². The molecule has 5 heteroatoms. The van der Waals surface area contributed by atoms with Crippen molar-refractivity contribution in [1.29, 1.82) is 0 Å². The lowest BCUT2D eigenvalue weighted by Gasteiger charge is -2.14. The van der Waals surface area contributed by atoms with Crippen LogP contribution in [0.25, 0.3) is 0 Å². The molecule has 0 saturated carbocycles. The van der Waals surface area contributed by atoms with E-state index in [0.29, 0.717) is 0 Å². The van der Waals surface area contributed by atoms with Gasteiger partial charge in [-0.1, -0.05) is 18.5 Å². The molecule has 0 aromatic carbocycles. The minimum absolute atomic E-state index is 0.254. The Morgan fingerprint density at radius 1 is 1.53 bits per heavy atom. The monoisotopic (exact) mass is 230 g/mol. The van der Waals surface area contributed by atoms with Gasteiger partial charge in [0.05, 0.1) is 16.4 Å². The molecule has 0 aliphatic rings. The minimum Gasteiger partial charge on any atom is -0.271 e. The van der Waals surface area contributed by atoms with E-state index in [2.05, 4.69) is 24.4 Å². The molecular weight excluding hydrogens is 212 g/mol. The molecule has 1 aromatic heterocycles. The van der Waals surface area contributed by atoms with Gasteiger partial charge in [-0.2, -0.15) is 5.10 Å². The van der Waals surface area contributed by atoms with Gasteiger partial charge >= 0.3 is 0 Å². The average Bonchev–Trinajstić information content (AvgIpc) is 2.52. The van der Waals surface area contributed by atoms with Crippen molar-refractivity contribution in [3.63, 3.8) is 0 Å². The first-order valence-electron chi connectivity index (χ1n) is 5.31. The van der Waals surface area contributed by atoms with Crippen LogP contribution in [0.15, 0.2) is 0 Å². The van der Waals surface area contributed by atoms with Crippen molar-refractivity contribution in [3.8, 4) is 0 Å². The molecule has 0 aliphatic carbocycles. The normalized spacial score (nSPS) is 13.1. The van der Waals surface area contributed by atoms with Crippen LogP contribution in [-0.2, 0) is 13.0 Å². The van der Waals surface area contributed by atoms with Crippen LogP contribution in [-0.4, -0.2) is 15.8 Å². The smallest absolute Gasteiger partial charge is 0.0847 e. The topological polar surface area (TPSA) is 55.9 Å². The second-order valence-electron chi connectivity index (χ2n) is 3.64. The van der Waals surface area contributed by atoms with E-state index >= 15 is 0 Å². The number of hydrogen-bond donors (Lipinski definition) is 2. The fourth-order valence-electron chi connectivity index (χ4n) is 1.62. The molecule has 1 atom stereocenters. The third kappa shape index (κ3) is 2.71. The van der Waals surface area contributed by atoms with Gasteiger partial charge < -0.3 is 0 Å². The summed E-state index contributed by atoms with van der Waals surface area (Å²) in [6.45, 7) is 6.92. The number of nitrogens with one attached hydrogen (secondary N) is 1. The van der Waals surface area contributed by atoms with E-state index in [1.165, 1.54) is 0 Å². The zero-order valence-electron chi connectivity index (χ0n) is 9.55. The minimum atomic E-state index is 0.254. The summed E-state index contributed by atoms with van der Waals surface area (Å²) in [7, 11) is 0. The van der Waals surface area contributed by atoms with E-state index in [4.69, 9.17) is 17.4 Å². The number of rotatable bonds is 5. The maximum Gasteiger partial charge on any atom is 0.0847 e. The second kappa shape index (κ2) is 5.49. The molecular formula is C10H19ClN4. The van der Waals surface area contributed by atoms with Gasteiger partial charge in [0.25, 0.3) is 0 Å². The zero-order chi connectivity index (χ0) is 11.4. The molecule has 0 saturated heterocycles. The third-order valence-electron chi connectivity index (χ3n) is 2.62. The van der Waals surface area contributed by atoms with Crippen LogP contribution in [0.4, 0.5) is 0 Å². The summed E-state index contributed by atoms with van der Waals surface area (Å²) < 4.78 is 1.94. The molecule has 1 aromatic rings. The van der Waals surface area contributed by atoms with Crippen molar-refractivity contribution in [2.45, 2.75) is 46.2 Å². The number of aryl methyl sites for hydroxylation is 2. The molecule has 1 rings (SSSR count). The van der Waals surface area contributed by atoms with Crippen molar-refractivity contribution < 1.29 is 0 Å².